The summed E-state index contributed by atoms with van der Waals surface area (Å²) in [4.78, 5) is 31.7. The number of nitrogens with one attached hydrogen (secondary N) is 2. The van der Waals surface area contributed by atoms with E-state index in [1.165, 1.54) is 6.20 Å². The molecule has 184 valence electrons. The van der Waals surface area contributed by atoms with Gasteiger partial charge in [-0.25, -0.2) is 4.98 Å². The van der Waals surface area contributed by atoms with E-state index in [9.17, 15) is 14.9 Å². The molecule has 3 unspecified atom stereocenters. The van der Waals surface area contributed by atoms with Gasteiger partial charge in [-0.1, -0.05) is 18.0 Å². The van der Waals surface area contributed by atoms with E-state index in [2.05, 4.69) is 20.6 Å². The molecule has 1 aliphatic carbocycles. The lowest BCUT2D eigenvalue weighted by atomic mass is 9.78. The molecule has 4 N–H and O–H groups in total. The zero-order chi connectivity index (χ0) is 24.9. The number of rotatable bonds is 8. The van der Waals surface area contributed by atoms with E-state index in [4.69, 9.17) is 22.1 Å². The second-order valence-electron chi connectivity index (χ2n) is 9.55. The topological polar surface area (TPSA) is 145 Å². The Bertz CT molecular complexity index is 1010. The van der Waals surface area contributed by atoms with Crippen LogP contribution in [0.2, 0.25) is 5.02 Å². The maximum absolute atomic E-state index is 12.4. The van der Waals surface area contributed by atoms with Crippen LogP contribution in [0.5, 0.6) is 0 Å². The van der Waals surface area contributed by atoms with E-state index in [0.29, 0.717) is 17.3 Å². The van der Waals surface area contributed by atoms with Crippen LogP contribution in [0, 0.1) is 22.0 Å². The van der Waals surface area contributed by atoms with Gasteiger partial charge in [0, 0.05) is 17.3 Å². The standard InChI is InChI=1S/C23H31ClN6O4/c1-23(2,3)34-21(31)19(25)15-6-4-5-14(11-15)12-26-20-18(30(32)33)13-27-22(29-20)28-17-9-7-16(24)8-10-17/h7-10,13-15,19H,4-6,11-12,25H2,1-3H3,(H2,26,27,28,29). The van der Waals surface area contributed by atoms with E-state index in [-0.39, 0.29) is 29.3 Å². The normalized spacial score (nSPS) is 19.2. The Hall–Kier alpha value is -2.98. The lowest BCUT2D eigenvalue weighted by Crippen LogP contribution is -2.44. The Kier molecular flexibility index (Phi) is 8.27. The smallest absolute Gasteiger partial charge is 0.329 e. The highest BCUT2D eigenvalue weighted by atomic mass is 35.5. The summed E-state index contributed by atoms with van der Waals surface area (Å²) < 4.78 is 5.44. The first-order valence-corrected chi connectivity index (χ1v) is 11.7. The molecule has 34 heavy (non-hydrogen) atoms. The van der Waals surface area contributed by atoms with Crippen molar-refractivity contribution >= 4 is 40.7 Å². The number of hydrogen-bond acceptors (Lipinski definition) is 9. The van der Waals surface area contributed by atoms with Crippen molar-refractivity contribution < 1.29 is 14.5 Å². The highest BCUT2D eigenvalue weighted by molar-refractivity contribution is 6.30. The number of aromatic nitrogens is 2. The van der Waals surface area contributed by atoms with Gasteiger partial charge in [0.05, 0.1) is 4.92 Å². The third-order valence-corrected chi connectivity index (χ3v) is 5.89. The number of nitrogens with two attached hydrogens (primary N) is 1. The number of carbonyl (C=O) groups is 1. The van der Waals surface area contributed by atoms with Crippen LogP contribution < -0.4 is 16.4 Å². The first-order valence-electron chi connectivity index (χ1n) is 11.3. The van der Waals surface area contributed by atoms with Gasteiger partial charge in [-0.05, 0) is 76.1 Å². The molecule has 1 aromatic heterocycles. The Morgan fingerprint density at radius 2 is 2.03 bits per heavy atom. The molecular weight excluding hydrogens is 460 g/mol. The first-order chi connectivity index (χ1) is 16.0. The van der Waals surface area contributed by atoms with Crippen molar-refractivity contribution in [1.82, 2.24) is 9.97 Å². The molecule has 3 rings (SSSR count). The summed E-state index contributed by atoms with van der Waals surface area (Å²) in [6.45, 7) is 5.91. The van der Waals surface area contributed by atoms with Crippen molar-refractivity contribution in [2.24, 2.45) is 17.6 Å². The van der Waals surface area contributed by atoms with Crippen molar-refractivity contribution in [2.45, 2.75) is 58.1 Å². The summed E-state index contributed by atoms with van der Waals surface area (Å²) in [6.07, 6.45) is 4.60. The molecule has 1 saturated carbocycles. The monoisotopic (exact) mass is 490 g/mol. The van der Waals surface area contributed by atoms with Gasteiger partial charge >= 0.3 is 11.7 Å². The second-order valence-corrected chi connectivity index (χ2v) is 9.99. The highest BCUT2D eigenvalue weighted by Gasteiger charge is 2.33. The molecule has 2 aromatic rings. The zero-order valence-corrected chi connectivity index (χ0v) is 20.3. The number of nitrogens with zero attached hydrogens (tertiary/aromatic N) is 3. The number of carbonyl (C=O) groups excluding carboxylic acids is 1. The van der Waals surface area contributed by atoms with Gasteiger partial charge in [-0.15, -0.1) is 0 Å². The first kappa shape index (κ1) is 25.6. The minimum Gasteiger partial charge on any atom is -0.459 e. The largest absolute Gasteiger partial charge is 0.459 e. The third-order valence-electron chi connectivity index (χ3n) is 5.63. The number of esters is 1. The fourth-order valence-electron chi connectivity index (χ4n) is 4.01. The Labute approximate surface area is 203 Å². The molecular formula is C23H31ClN6O4. The van der Waals surface area contributed by atoms with E-state index in [0.717, 1.165) is 25.7 Å². The summed E-state index contributed by atoms with van der Waals surface area (Å²) in [6, 6.07) is 6.27. The molecule has 1 aromatic carbocycles. The van der Waals surface area contributed by atoms with Crippen molar-refractivity contribution in [3.05, 3.63) is 45.6 Å². The molecule has 1 aliphatic rings. The molecule has 0 amide bonds. The molecule has 11 heteroatoms. The number of hydrogen-bond donors (Lipinski definition) is 3. The van der Waals surface area contributed by atoms with Crippen molar-refractivity contribution in [1.29, 1.82) is 0 Å². The van der Waals surface area contributed by atoms with Crippen LogP contribution in [0.25, 0.3) is 0 Å². The molecule has 0 spiro atoms. The average molecular weight is 491 g/mol. The number of anilines is 3. The number of halogens is 1. The van der Waals surface area contributed by atoms with Crippen LogP contribution in [-0.2, 0) is 9.53 Å². The summed E-state index contributed by atoms with van der Waals surface area (Å²) in [5.74, 6) is 0.154. The van der Waals surface area contributed by atoms with E-state index in [1.807, 2.05) is 20.8 Å². The Balaban J connectivity index is 1.65. The predicted octanol–water partition coefficient (Wildman–Crippen LogP) is 4.67. The van der Waals surface area contributed by atoms with Crippen LogP contribution in [0.4, 0.5) is 23.1 Å². The quantitative estimate of drug-likeness (QED) is 0.273. The maximum Gasteiger partial charge on any atom is 0.329 e. The van der Waals surface area contributed by atoms with Gasteiger partial charge in [0.15, 0.2) is 0 Å². The lowest BCUT2D eigenvalue weighted by Gasteiger charge is -2.33. The minimum absolute atomic E-state index is 0.00193. The van der Waals surface area contributed by atoms with Crippen molar-refractivity contribution in [2.75, 3.05) is 17.2 Å². The maximum atomic E-state index is 12.4. The summed E-state index contributed by atoms with van der Waals surface area (Å²) in [5, 5.41) is 18.2. The van der Waals surface area contributed by atoms with Crippen LogP contribution >= 0.6 is 11.6 Å². The molecule has 1 heterocycles. The lowest BCUT2D eigenvalue weighted by molar-refractivity contribution is -0.384. The fourth-order valence-corrected chi connectivity index (χ4v) is 4.14. The van der Waals surface area contributed by atoms with Gasteiger partial charge < -0.3 is 21.1 Å². The van der Waals surface area contributed by atoms with Crippen LogP contribution in [-0.4, -0.2) is 39.0 Å². The van der Waals surface area contributed by atoms with Gasteiger partial charge in [0.1, 0.15) is 17.8 Å². The van der Waals surface area contributed by atoms with Crippen molar-refractivity contribution in [3.8, 4) is 0 Å². The average Bonchev–Trinajstić information content (AvgIpc) is 2.77. The zero-order valence-electron chi connectivity index (χ0n) is 19.6. The predicted molar refractivity (Wildman–Crippen MR) is 131 cm³/mol. The Morgan fingerprint density at radius 1 is 1.32 bits per heavy atom. The minimum atomic E-state index is -0.689. The van der Waals surface area contributed by atoms with Crippen LogP contribution in [0.3, 0.4) is 0 Å². The van der Waals surface area contributed by atoms with E-state index in [1.54, 1.807) is 24.3 Å². The molecule has 0 saturated heterocycles. The summed E-state index contributed by atoms with van der Waals surface area (Å²) in [5.41, 5.74) is 6.12. The summed E-state index contributed by atoms with van der Waals surface area (Å²) >= 11 is 5.91. The van der Waals surface area contributed by atoms with Crippen molar-refractivity contribution in [3.63, 3.8) is 0 Å². The fraction of sp³-hybridized carbons (Fsp3) is 0.522. The molecule has 1 fully saturated rings. The molecule has 10 nitrogen and oxygen atoms in total. The second kappa shape index (κ2) is 11.0. The van der Waals surface area contributed by atoms with Gasteiger partial charge in [0.25, 0.3) is 0 Å². The molecule has 3 atom stereocenters. The number of nitro groups is 1. The Morgan fingerprint density at radius 3 is 2.68 bits per heavy atom. The van der Waals surface area contributed by atoms with Gasteiger partial charge in [0.2, 0.25) is 11.8 Å². The molecule has 0 aliphatic heterocycles. The number of ether oxygens (including phenoxy) is 1. The third kappa shape index (κ3) is 7.26. The number of benzene rings is 1. The van der Waals surface area contributed by atoms with E-state index >= 15 is 0 Å². The molecule has 0 radical (unpaired) electrons. The van der Waals surface area contributed by atoms with E-state index < -0.39 is 22.5 Å². The van der Waals surface area contributed by atoms with Gasteiger partial charge in [-0.3, -0.25) is 14.9 Å². The SMILES string of the molecule is CC(C)(C)OC(=O)C(N)C1CCCC(CNc2nc(Nc3ccc(Cl)cc3)ncc2[N+](=O)[O-])C1. The van der Waals surface area contributed by atoms with Crippen LogP contribution in [0.15, 0.2) is 30.5 Å². The van der Waals surface area contributed by atoms with Crippen LogP contribution in [0.1, 0.15) is 46.5 Å². The summed E-state index contributed by atoms with van der Waals surface area (Å²) in [7, 11) is 0. The highest BCUT2D eigenvalue weighted by Crippen LogP contribution is 2.32. The van der Waals surface area contributed by atoms with Gasteiger partial charge in [-0.2, -0.15) is 4.98 Å². The molecule has 0 bridgehead atoms.